The molecule has 0 saturated carbocycles. The van der Waals surface area contributed by atoms with Gasteiger partial charge in [-0.1, -0.05) is 12.1 Å². The van der Waals surface area contributed by atoms with Crippen molar-refractivity contribution in [3.05, 3.63) is 24.3 Å². The topological polar surface area (TPSA) is 43.8 Å². The van der Waals surface area contributed by atoms with Crippen molar-refractivity contribution in [1.82, 2.24) is 5.01 Å². The van der Waals surface area contributed by atoms with Crippen molar-refractivity contribution >= 4 is 11.6 Å². The summed E-state index contributed by atoms with van der Waals surface area (Å²) in [5.74, 6) is 0.280. The lowest BCUT2D eigenvalue weighted by atomic mass is 10.3. The van der Waals surface area contributed by atoms with Crippen LogP contribution in [0.15, 0.2) is 24.3 Å². The van der Waals surface area contributed by atoms with Crippen LogP contribution < -0.4 is 5.01 Å². The number of hydrazine groups is 1. The van der Waals surface area contributed by atoms with Crippen molar-refractivity contribution in [3.63, 3.8) is 0 Å². The predicted octanol–water partition coefficient (Wildman–Crippen LogP) is 0.976. The number of carbonyl (C=O) groups excluding carboxylic acids is 1. The molecule has 4 nitrogen and oxygen atoms in total. The van der Waals surface area contributed by atoms with Gasteiger partial charge in [-0.3, -0.25) is 14.8 Å². The summed E-state index contributed by atoms with van der Waals surface area (Å²) in [5.41, 5.74) is 0.681. The van der Waals surface area contributed by atoms with E-state index in [1.54, 1.807) is 30.3 Å². The molecule has 1 aliphatic rings. The number of hydrogen-bond acceptors (Lipinski definition) is 3. The maximum atomic E-state index is 11.3. The molecule has 2 rings (SSSR count). The quantitative estimate of drug-likeness (QED) is 0.721. The largest absolute Gasteiger partial charge is 0.506 e. The maximum absolute atomic E-state index is 11.3. The van der Waals surface area contributed by atoms with Crippen LogP contribution in [0.4, 0.5) is 5.69 Å². The van der Waals surface area contributed by atoms with E-state index in [-0.39, 0.29) is 11.7 Å². The summed E-state index contributed by atoms with van der Waals surface area (Å²) in [7, 11) is 1.71. The molecule has 1 aromatic carbocycles. The predicted molar refractivity (Wildman–Crippen MR) is 52.8 cm³/mol. The van der Waals surface area contributed by atoms with Gasteiger partial charge in [-0.15, -0.1) is 0 Å². The maximum Gasteiger partial charge on any atom is 0.242 e. The van der Waals surface area contributed by atoms with E-state index in [1.165, 1.54) is 5.01 Å². The summed E-state index contributed by atoms with van der Waals surface area (Å²) in [4.78, 5) is 11.3. The number of anilines is 1. The number of phenols is 1. The highest BCUT2D eigenvalue weighted by molar-refractivity contribution is 5.82. The SMILES string of the molecule is CN1C(=O)CCN1c1ccccc1O. The second-order valence-corrected chi connectivity index (χ2v) is 3.28. The van der Waals surface area contributed by atoms with Crippen LogP contribution in [0, 0.1) is 0 Å². The molecule has 1 aliphatic heterocycles. The van der Waals surface area contributed by atoms with Crippen molar-refractivity contribution in [3.8, 4) is 5.75 Å². The molecule has 0 radical (unpaired) electrons. The average molecular weight is 192 g/mol. The first-order valence-electron chi connectivity index (χ1n) is 4.52. The number of carbonyl (C=O) groups is 1. The fourth-order valence-electron chi connectivity index (χ4n) is 1.61. The normalized spacial score (nSPS) is 16.5. The third-order valence-corrected chi connectivity index (χ3v) is 2.42. The highest BCUT2D eigenvalue weighted by Gasteiger charge is 2.26. The molecular formula is C10H12N2O2. The lowest BCUT2D eigenvalue weighted by Gasteiger charge is -2.26. The fraction of sp³-hybridized carbons (Fsp3) is 0.300. The zero-order chi connectivity index (χ0) is 10.1. The van der Waals surface area contributed by atoms with Gasteiger partial charge in [0.05, 0.1) is 5.69 Å². The van der Waals surface area contributed by atoms with Crippen LogP contribution in [0.1, 0.15) is 6.42 Å². The number of nitrogens with zero attached hydrogens (tertiary/aromatic N) is 2. The van der Waals surface area contributed by atoms with Crippen molar-refractivity contribution in [1.29, 1.82) is 0 Å². The van der Waals surface area contributed by atoms with Crippen molar-refractivity contribution in [2.75, 3.05) is 18.6 Å². The molecule has 0 bridgehead atoms. The molecule has 1 fully saturated rings. The molecule has 0 unspecified atom stereocenters. The third kappa shape index (κ3) is 1.28. The smallest absolute Gasteiger partial charge is 0.242 e. The summed E-state index contributed by atoms with van der Waals surface area (Å²) < 4.78 is 0. The Morgan fingerprint density at radius 3 is 2.64 bits per heavy atom. The molecule has 0 spiro atoms. The van der Waals surface area contributed by atoms with E-state index in [4.69, 9.17) is 0 Å². The Morgan fingerprint density at radius 2 is 2.07 bits per heavy atom. The zero-order valence-corrected chi connectivity index (χ0v) is 7.97. The van der Waals surface area contributed by atoms with Crippen LogP contribution in [0.3, 0.4) is 0 Å². The van der Waals surface area contributed by atoms with Gasteiger partial charge < -0.3 is 5.11 Å². The highest BCUT2D eigenvalue weighted by Crippen LogP contribution is 2.29. The molecule has 1 amide bonds. The van der Waals surface area contributed by atoms with Gasteiger partial charge >= 0.3 is 0 Å². The van der Waals surface area contributed by atoms with E-state index in [1.807, 2.05) is 6.07 Å². The highest BCUT2D eigenvalue weighted by atomic mass is 16.3. The van der Waals surface area contributed by atoms with Crippen LogP contribution >= 0.6 is 0 Å². The third-order valence-electron chi connectivity index (χ3n) is 2.42. The number of amides is 1. The summed E-state index contributed by atoms with van der Waals surface area (Å²) in [6.45, 7) is 0.632. The zero-order valence-electron chi connectivity index (χ0n) is 7.97. The Hall–Kier alpha value is -1.71. The van der Waals surface area contributed by atoms with Crippen LogP contribution in [0.25, 0.3) is 0 Å². The second-order valence-electron chi connectivity index (χ2n) is 3.28. The average Bonchev–Trinajstić information content (AvgIpc) is 2.49. The molecule has 14 heavy (non-hydrogen) atoms. The first-order chi connectivity index (χ1) is 6.70. The summed E-state index contributed by atoms with van der Waals surface area (Å²) in [6, 6.07) is 7.01. The van der Waals surface area contributed by atoms with Gasteiger partial charge in [0.2, 0.25) is 5.91 Å². The first kappa shape index (κ1) is 8.87. The van der Waals surface area contributed by atoms with E-state index >= 15 is 0 Å². The van der Waals surface area contributed by atoms with Gasteiger partial charge in [0.1, 0.15) is 5.75 Å². The Balaban J connectivity index is 2.32. The van der Waals surface area contributed by atoms with Gasteiger partial charge in [-0.25, -0.2) is 0 Å². The standard InChI is InChI=1S/C10H12N2O2/c1-11-10(14)6-7-12(11)8-4-2-3-5-9(8)13/h2-5,13H,6-7H2,1H3. The summed E-state index contributed by atoms with van der Waals surface area (Å²) >= 11 is 0. The van der Waals surface area contributed by atoms with E-state index in [9.17, 15) is 9.90 Å². The number of benzene rings is 1. The molecule has 0 aliphatic carbocycles. The van der Waals surface area contributed by atoms with Crippen LogP contribution in [0.2, 0.25) is 0 Å². The van der Waals surface area contributed by atoms with Gasteiger partial charge in [0.25, 0.3) is 0 Å². The summed E-state index contributed by atoms with van der Waals surface area (Å²) in [6.07, 6.45) is 0.505. The van der Waals surface area contributed by atoms with E-state index < -0.39 is 0 Å². The molecule has 1 saturated heterocycles. The van der Waals surface area contributed by atoms with E-state index in [0.29, 0.717) is 18.7 Å². The van der Waals surface area contributed by atoms with Gasteiger partial charge in [-0.05, 0) is 12.1 Å². The van der Waals surface area contributed by atoms with Gasteiger partial charge in [0, 0.05) is 20.0 Å². The molecule has 1 N–H and O–H groups in total. The summed E-state index contributed by atoms with van der Waals surface area (Å²) in [5, 5.41) is 12.9. The molecule has 4 heteroatoms. The van der Waals surface area contributed by atoms with Crippen molar-refractivity contribution in [2.45, 2.75) is 6.42 Å². The van der Waals surface area contributed by atoms with Crippen LogP contribution in [0.5, 0.6) is 5.75 Å². The Bertz CT molecular complexity index is 365. The lowest BCUT2D eigenvalue weighted by molar-refractivity contribution is -0.126. The Labute approximate surface area is 82.3 Å². The minimum Gasteiger partial charge on any atom is -0.506 e. The fourth-order valence-corrected chi connectivity index (χ4v) is 1.61. The molecule has 0 atom stereocenters. The first-order valence-corrected chi connectivity index (χ1v) is 4.52. The number of aromatic hydroxyl groups is 1. The molecule has 1 heterocycles. The van der Waals surface area contributed by atoms with Gasteiger partial charge in [-0.2, -0.15) is 0 Å². The number of para-hydroxylation sites is 2. The number of hydrogen-bond donors (Lipinski definition) is 1. The van der Waals surface area contributed by atoms with Crippen molar-refractivity contribution < 1.29 is 9.90 Å². The molecule has 0 aromatic heterocycles. The molecular weight excluding hydrogens is 180 g/mol. The number of phenolic OH excluding ortho intramolecular Hbond substituents is 1. The molecule has 1 aromatic rings. The minimum atomic E-state index is 0.0771. The van der Waals surface area contributed by atoms with E-state index in [2.05, 4.69) is 0 Å². The van der Waals surface area contributed by atoms with Crippen molar-refractivity contribution in [2.24, 2.45) is 0 Å². The Morgan fingerprint density at radius 1 is 1.36 bits per heavy atom. The lowest BCUT2D eigenvalue weighted by Crippen LogP contribution is -2.35. The van der Waals surface area contributed by atoms with E-state index in [0.717, 1.165) is 0 Å². The van der Waals surface area contributed by atoms with Crippen LogP contribution in [-0.2, 0) is 4.79 Å². The minimum absolute atomic E-state index is 0.0771. The Kier molecular flexibility index (Phi) is 2.04. The second kappa shape index (κ2) is 3.21. The monoisotopic (exact) mass is 192 g/mol. The number of rotatable bonds is 1. The molecule has 74 valence electrons. The van der Waals surface area contributed by atoms with Crippen LogP contribution in [-0.4, -0.2) is 29.6 Å². The van der Waals surface area contributed by atoms with Gasteiger partial charge in [0.15, 0.2) is 0 Å².